The molecule has 1 aromatic rings. The van der Waals surface area contributed by atoms with Gasteiger partial charge in [0.25, 0.3) is 0 Å². The van der Waals surface area contributed by atoms with Crippen LogP contribution in [0.2, 0.25) is 0 Å². The van der Waals surface area contributed by atoms with Crippen LogP contribution >= 0.6 is 0 Å². The van der Waals surface area contributed by atoms with Crippen molar-refractivity contribution in [3.8, 4) is 5.88 Å². The normalized spacial score (nSPS) is 20.5. The summed E-state index contributed by atoms with van der Waals surface area (Å²) in [5.41, 5.74) is 6.73. The molecule has 92 valence electrons. The van der Waals surface area contributed by atoms with Crippen molar-refractivity contribution in [3.05, 3.63) is 23.9 Å². The van der Waals surface area contributed by atoms with E-state index in [4.69, 9.17) is 10.5 Å². The van der Waals surface area contributed by atoms with E-state index in [1.807, 2.05) is 6.07 Å². The maximum Gasteiger partial charge on any atom is 0.239 e. The van der Waals surface area contributed by atoms with Gasteiger partial charge in [-0.05, 0) is 18.4 Å². The Morgan fingerprint density at radius 3 is 3.06 bits per heavy atom. The number of rotatable bonds is 3. The van der Waals surface area contributed by atoms with E-state index >= 15 is 0 Å². The number of methoxy groups -OCH3 is 1. The van der Waals surface area contributed by atoms with Gasteiger partial charge in [0, 0.05) is 25.4 Å². The molecule has 1 atom stereocenters. The lowest BCUT2D eigenvalue weighted by Gasteiger charge is -2.30. The van der Waals surface area contributed by atoms with E-state index in [1.54, 1.807) is 24.3 Å². The number of nitrogens with two attached hydrogens (primary N) is 1. The molecule has 1 unspecified atom stereocenters. The van der Waals surface area contributed by atoms with Crippen molar-refractivity contribution in [2.24, 2.45) is 5.73 Å². The molecule has 0 aliphatic carbocycles. The number of aromatic nitrogens is 1. The number of hydrogen-bond acceptors (Lipinski definition) is 4. The molecule has 1 fully saturated rings. The van der Waals surface area contributed by atoms with Gasteiger partial charge >= 0.3 is 0 Å². The summed E-state index contributed by atoms with van der Waals surface area (Å²) in [4.78, 5) is 17.7. The fourth-order valence-corrected chi connectivity index (χ4v) is 1.97. The summed E-state index contributed by atoms with van der Waals surface area (Å²) in [5, 5.41) is 0. The summed E-state index contributed by atoms with van der Waals surface area (Å²) in [6, 6.07) is 3.37. The fraction of sp³-hybridized carbons (Fsp3) is 0.500. The van der Waals surface area contributed by atoms with Crippen LogP contribution in [-0.2, 0) is 11.3 Å². The highest BCUT2D eigenvalue weighted by atomic mass is 16.5. The molecule has 0 aromatic carbocycles. The van der Waals surface area contributed by atoms with Crippen LogP contribution in [0.3, 0.4) is 0 Å². The molecule has 0 spiro atoms. The largest absolute Gasteiger partial charge is 0.481 e. The first-order valence-electron chi connectivity index (χ1n) is 5.74. The van der Waals surface area contributed by atoms with Crippen LogP contribution in [-0.4, -0.2) is 35.5 Å². The topological polar surface area (TPSA) is 68.5 Å². The third-order valence-corrected chi connectivity index (χ3v) is 2.95. The van der Waals surface area contributed by atoms with Crippen molar-refractivity contribution in [1.82, 2.24) is 9.88 Å². The molecule has 2 rings (SSSR count). The SMILES string of the molecule is COc1ccc(CN2CCCC(N)C2=O)cn1. The minimum Gasteiger partial charge on any atom is -0.481 e. The molecule has 1 aliphatic rings. The van der Waals surface area contributed by atoms with Crippen LogP contribution < -0.4 is 10.5 Å². The zero-order valence-corrected chi connectivity index (χ0v) is 9.93. The van der Waals surface area contributed by atoms with Crippen LogP contribution in [0.1, 0.15) is 18.4 Å². The van der Waals surface area contributed by atoms with Crippen molar-refractivity contribution in [2.45, 2.75) is 25.4 Å². The zero-order valence-electron chi connectivity index (χ0n) is 9.93. The average molecular weight is 235 g/mol. The molecule has 1 amide bonds. The van der Waals surface area contributed by atoms with Crippen molar-refractivity contribution < 1.29 is 9.53 Å². The first kappa shape index (κ1) is 11.9. The molecule has 5 heteroatoms. The summed E-state index contributed by atoms with van der Waals surface area (Å²) in [6.45, 7) is 1.35. The quantitative estimate of drug-likeness (QED) is 0.830. The Kier molecular flexibility index (Phi) is 3.58. The average Bonchev–Trinajstić information content (AvgIpc) is 2.36. The van der Waals surface area contributed by atoms with Gasteiger partial charge in [-0.25, -0.2) is 4.98 Å². The zero-order chi connectivity index (χ0) is 12.3. The van der Waals surface area contributed by atoms with Crippen molar-refractivity contribution in [3.63, 3.8) is 0 Å². The van der Waals surface area contributed by atoms with E-state index in [-0.39, 0.29) is 11.9 Å². The highest BCUT2D eigenvalue weighted by molar-refractivity contribution is 5.82. The molecule has 0 bridgehead atoms. The summed E-state index contributed by atoms with van der Waals surface area (Å²) in [7, 11) is 1.58. The number of amides is 1. The highest BCUT2D eigenvalue weighted by Crippen LogP contribution is 2.14. The van der Waals surface area contributed by atoms with Gasteiger partial charge in [-0.15, -0.1) is 0 Å². The number of pyridine rings is 1. The molecular formula is C12H17N3O2. The van der Waals surface area contributed by atoms with Crippen molar-refractivity contribution in [2.75, 3.05) is 13.7 Å². The lowest BCUT2D eigenvalue weighted by Crippen LogP contribution is -2.47. The second-order valence-electron chi connectivity index (χ2n) is 4.22. The number of carbonyl (C=O) groups is 1. The van der Waals surface area contributed by atoms with E-state index in [1.165, 1.54) is 0 Å². The summed E-state index contributed by atoms with van der Waals surface area (Å²) in [6.07, 6.45) is 3.49. The Hall–Kier alpha value is -1.62. The summed E-state index contributed by atoms with van der Waals surface area (Å²) < 4.78 is 4.99. The van der Waals surface area contributed by atoms with Crippen LogP contribution in [0, 0.1) is 0 Å². The van der Waals surface area contributed by atoms with Gasteiger partial charge in [-0.3, -0.25) is 4.79 Å². The summed E-state index contributed by atoms with van der Waals surface area (Å²) in [5.74, 6) is 0.613. The maximum absolute atomic E-state index is 11.8. The van der Waals surface area contributed by atoms with Gasteiger partial charge in [0.2, 0.25) is 11.8 Å². The summed E-state index contributed by atoms with van der Waals surface area (Å²) >= 11 is 0. The number of ether oxygens (including phenoxy) is 1. The van der Waals surface area contributed by atoms with Crippen LogP contribution in [0.15, 0.2) is 18.3 Å². The molecule has 0 radical (unpaired) electrons. The number of carbonyl (C=O) groups excluding carboxylic acids is 1. The van der Waals surface area contributed by atoms with E-state index < -0.39 is 0 Å². The van der Waals surface area contributed by atoms with Crippen LogP contribution in [0.4, 0.5) is 0 Å². The van der Waals surface area contributed by atoms with Crippen molar-refractivity contribution in [1.29, 1.82) is 0 Å². The molecule has 1 aromatic heterocycles. The van der Waals surface area contributed by atoms with Crippen molar-refractivity contribution >= 4 is 5.91 Å². The Bertz CT molecular complexity index is 391. The number of nitrogens with zero attached hydrogens (tertiary/aromatic N) is 2. The number of likely N-dealkylation sites (tertiary alicyclic amines) is 1. The standard InChI is InChI=1S/C12H17N3O2/c1-17-11-5-4-9(7-14-11)8-15-6-2-3-10(13)12(15)16/h4-5,7,10H,2-3,6,8,13H2,1H3. The lowest BCUT2D eigenvalue weighted by atomic mass is 10.1. The van der Waals surface area contributed by atoms with Gasteiger partial charge in [0.05, 0.1) is 13.2 Å². The van der Waals surface area contributed by atoms with Crippen LogP contribution in [0.25, 0.3) is 0 Å². The minimum atomic E-state index is -0.338. The molecule has 1 aliphatic heterocycles. The Morgan fingerprint density at radius 1 is 1.59 bits per heavy atom. The molecule has 17 heavy (non-hydrogen) atoms. The Labute approximate surface area is 101 Å². The molecule has 1 saturated heterocycles. The molecule has 2 N–H and O–H groups in total. The number of piperidine rings is 1. The first-order chi connectivity index (χ1) is 8.20. The predicted octanol–water partition coefficient (Wildman–Crippen LogP) is 0.540. The van der Waals surface area contributed by atoms with Gasteiger partial charge in [0.1, 0.15) is 0 Å². The fourth-order valence-electron chi connectivity index (χ4n) is 1.97. The third kappa shape index (κ3) is 2.74. The number of hydrogen-bond donors (Lipinski definition) is 1. The second-order valence-corrected chi connectivity index (χ2v) is 4.22. The van der Waals surface area contributed by atoms with Gasteiger partial charge < -0.3 is 15.4 Å². The monoisotopic (exact) mass is 235 g/mol. The molecule has 2 heterocycles. The molecule has 5 nitrogen and oxygen atoms in total. The maximum atomic E-state index is 11.8. The molecule has 0 saturated carbocycles. The van der Waals surface area contributed by atoms with E-state index in [9.17, 15) is 4.79 Å². The third-order valence-electron chi connectivity index (χ3n) is 2.95. The Morgan fingerprint density at radius 2 is 2.41 bits per heavy atom. The molecular weight excluding hydrogens is 218 g/mol. The van der Waals surface area contributed by atoms with E-state index in [0.29, 0.717) is 12.4 Å². The van der Waals surface area contributed by atoms with Gasteiger partial charge in [0.15, 0.2) is 0 Å². The lowest BCUT2D eigenvalue weighted by molar-refractivity contribution is -0.135. The minimum absolute atomic E-state index is 0.0343. The van der Waals surface area contributed by atoms with Gasteiger partial charge in [-0.2, -0.15) is 0 Å². The van der Waals surface area contributed by atoms with E-state index in [2.05, 4.69) is 4.98 Å². The first-order valence-corrected chi connectivity index (χ1v) is 5.74. The predicted molar refractivity (Wildman–Crippen MR) is 63.4 cm³/mol. The second kappa shape index (κ2) is 5.14. The Balaban J connectivity index is 2.01. The smallest absolute Gasteiger partial charge is 0.239 e. The highest BCUT2D eigenvalue weighted by Gasteiger charge is 2.25. The van der Waals surface area contributed by atoms with Crippen LogP contribution in [0.5, 0.6) is 5.88 Å². The van der Waals surface area contributed by atoms with E-state index in [0.717, 1.165) is 24.9 Å². The van der Waals surface area contributed by atoms with Gasteiger partial charge in [-0.1, -0.05) is 6.07 Å².